The maximum Gasteiger partial charge on any atom is 0.257 e. The number of ether oxygens (including phenoxy) is 1. The van der Waals surface area contributed by atoms with E-state index in [4.69, 9.17) is 4.74 Å². The highest BCUT2D eigenvalue weighted by Crippen LogP contribution is 2.16. The molecule has 112 valence electrons. The maximum atomic E-state index is 11.6. The summed E-state index contributed by atoms with van der Waals surface area (Å²) >= 11 is 0. The van der Waals surface area contributed by atoms with Gasteiger partial charge in [-0.25, -0.2) is 0 Å². The number of carbonyl (C=O) groups excluding carboxylic acids is 1. The first-order valence-electron chi connectivity index (χ1n) is 7.09. The van der Waals surface area contributed by atoms with Crippen LogP contribution < -0.4 is 15.4 Å². The lowest BCUT2D eigenvalue weighted by atomic mass is 10.2. The number of rotatable bonds is 8. The summed E-state index contributed by atoms with van der Waals surface area (Å²) in [6.45, 7) is 10.3. The van der Waals surface area contributed by atoms with Crippen molar-refractivity contribution < 1.29 is 9.53 Å². The van der Waals surface area contributed by atoms with Crippen LogP contribution in [-0.2, 0) is 11.3 Å². The molecule has 0 saturated heterocycles. The molecule has 1 aromatic rings. The zero-order valence-corrected chi connectivity index (χ0v) is 12.8. The second kappa shape index (κ2) is 8.53. The number of pyridine rings is 1. The summed E-state index contributed by atoms with van der Waals surface area (Å²) in [5.74, 6) is 0.995. The molecule has 0 fully saturated rings. The van der Waals surface area contributed by atoms with E-state index in [1.165, 1.54) is 0 Å². The number of hydrogen-bond donors (Lipinski definition) is 2. The molecular weight excluding hydrogens is 254 g/mol. The lowest BCUT2D eigenvalue weighted by Gasteiger charge is -2.12. The van der Waals surface area contributed by atoms with Gasteiger partial charge in [0, 0.05) is 18.8 Å². The molecule has 0 atom stereocenters. The second-order valence-electron chi connectivity index (χ2n) is 5.16. The summed E-state index contributed by atoms with van der Waals surface area (Å²) in [6.07, 6.45) is 0. The van der Waals surface area contributed by atoms with Gasteiger partial charge < -0.3 is 15.4 Å². The van der Waals surface area contributed by atoms with Gasteiger partial charge in [-0.05, 0) is 31.5 Å². The molecular formula is C15H25N3O2. The lowest BCUT2D eigenvalue weighted by Crippen LogP contribution is -2.32. The Bertz CT molecular complexity index is 433. The van der Waals surface area contributed by atoms with Crippen molar-refractivity contribution in [2.75, 3.05) is 19.7 Å². The first-order valence-corrected chi connectivity index (χ1v) is 7.09. The minimum absolute atomic E-state index is 0.0244. The smallest absolute Gasteiger partial charge is 0.257 e. The molecule has 0 radical (unpaired) electrons. The van der Waals surface area contributed by atoms with Crippen LogP contribution in [0.4, 0.5) is 0 Å². The zero-order valence-electron chi connectivity index (χ0n) is 12.8. The highest BCUT2D eigenvalue weighted by atomic mass is 16.5. The first kappa shape index (κ1) is 16.4. The van der Waals surface area contributed by atoms with Gasteiger partial charge in [-0.2, -0.15) is 0 Å². The van der Waals surface area contributed by atoms with Crippen LogP contribution in [0.5, 0.6) is 5.75 Å². The molecule has 0 aliphatic carbocycles. The van der Waals surface area contributed by atoms with Crippen LogP contribution in [0.25, 0.3) is 0 Å². The predicted molar refractivity (Wildman–Crippen MR) is 79.7 cm³/mol. The maximum absolute atomic E-state index is 11.6. The summed E-state index contributed by atoms with van der Waals surface area (Å²) in [7, 11) is 0. The van der Waals surface area contributed by atoms with E-state index < -0.39 is 0 Å². The molecule has 1 amide bonds. The molecule has 5 nitrogen and oxygen atoms in total. The van der Waals surface area contributed by atoms with Crippen molar-refractivity contribution in [1.82, 2.24) is 15.6 Å². The van der Waals surface area contributed by atoms with Crippen LogP contribution in [0, 0.1) is 12.8 Å². The summed E-state index contributed by atoms with van der Waals surface area (Å²) in [4.78, 5) is 16.1. The fourth-order valence-electron chi connectivity index (χ4n) is 1.61. The summed E-state index contributed by atoms with van der Waals surface area (Å²) in [6, 6.07) is 3.75. The largest absolute Gasteiger partial charge is 0.482 e. The van der Waals surface area contributed by atoms with E-state index in [9.17, 15) is 4.79 Å². The average molecular weight is 279 g/mol. The Hall–Kier alpha value is -1.62. The van der Waals surface area contributed by atoms with E-state index >= 15 is 0 Å². The fraction of sp³-hybridized carbons (Fsp3) is 0.600. The SMILES string of the molecule is CCNCc1nc(C)ccc1OCC(=O)NCC(C)C. The van der Waals surface area contributed by atoms with Crippen molar-refractivity contribution in [2.24, 2.45) is 5.92 Å². The van der Waals surface area contributed by atoms with E-state index in [-0.39, 0.29) is 12.5 Å². The number of aromatic nitrogens is 1. The van der Waals surface area contributed by atoms with Crippen LogP contribution in [-0.4, -0.2) is 30.6 Å². The minimum Gasteiger partial charge on any atom is -0.482 e. The third kappa shape index (κ3) is 6.02. The van der Waals surface area contributed by atoms with E-state index in [2.05, 4.69) is 29.5 Å². The third-order valence-corrected chi connectivity index (χ3v) is 2.68. The molecule has 0 bridgehead atoms. The molecule has 0 aliphatic heterocycles. The van der Waals surface area contributed by atoms with Crippen molar-refractivity contribution in [3.05, 3.63) is 23.5 Å². The quantitative estimate of drug-likeness (QED) is 0.759. The Morgan fingerprint density at radius 2 is 2.15 bits per heavy atom. The second-order valence-corrected chi connectivity index (χ2v) is 5.16. The molecule has 2 N–H and O–H groups in total. The number of hydrogen-bond acceptors (Lipinski definition) is 4. The monoisotopic (exact) mass is 279 g/mol. The molecule has 0 spiro atoms. The van der Waals surface area contributed by atoms with E-state index in [0.29, 0.717) is 24.8 Å². The molecule has 1 heterocycles. The van der Waals surface area contributed by atoms with E-state index in [1.54, 1.807) is 0 Å². The fourth-order valence-corrected chi connectivity index (χ4v) is 1.61. The Labute approximate surface area is 121 Å². The van der Waals surface area contributed by atoms with E-state index in [0.717, 1.165) is 17.9 Å². The number of nitrogens with one attached hydrogen (secondary N) is 2. The van der Waals surface area contributed by atoms with Crippen molar-refractivity contribution in [2.45, 2.75) is 34.2 Å². The molecule has 1 aromatic heterocycles. The van der Waals surface area contributed by atoms with Gasteiger partial charge >= 0.3 is 0 Å². The predicted octanol–water partition coefficient (Wildman–Crippen LogP) is 1.65. The molecule has 20 heavy (non-hydrogen) atoms. The van der Waals surface area contributed by atoms with Gasteiger partial charge in [0.25, 0.3) is 5.91 Å². The van der Waals surface area contributed by atoms with E-state index in [1.807, 2.05) is 26.0 Å². The Balaban J connectivity index is 2.55. The summed E-state index contributed by atoms with van der Waals surface area (Å²) < 4.78 is 5.57. The van der Waals surface area contributed by atoms with Gasteiger partial charge in [-0.1, -0.05) is 20.8 Å². The van der Waals surface area contributed by atoms with Crippen LogP contribution >= 0.6 is 0 Å². The van der Waals surface area contributed by atoms with Crippen molar-refractivity contribution in [1.29, 1.82) is 0 Å². The number of nitrogens with zero attached hydrogens (tertiary/aromatic N) is 1. The molecule has 0 saturated carbocycles. The highest BCUT2D eigenvalue weighted by Gasteiger charge is 2.08. The van der Waals surface area contributed by atoms with Gasteiger partial charge in [0.1, 0.15) is 5.75 Å². The zero-order chi connectivity index (χ0) is 15.0. The Morgan fingerprint density at radius 3 is 2.80 bits per heavy atom. The standard InChI is InChI=1S/C15H25N3O2/c1-5-16-9-13-14(7-6-12(4)18-13)20-10-15(19)17-8-11(2)3/h6-7,11,16H,5,8-10H2,1-4H3,(H,17,19). The van der Waals surface area contributed by atoms with Gasteiger partial charge in [0.2, 0.25) is 0 Å². The number of carbonyl (C=O) groups is 1. The van der Waals surface area contributed by atoms with Gasteiger partial charge in [-0.3, -0.25) is 9.78 Å². The van der Waals surface area contributed by atoms with Crippen LogP contribution in [0.1, 0.15) is 32.2 Å². The Kier molecular flexibility index (Phi) is 7.01. The molecule has 5 heteroatoms. The average Bonchev–Trinajstić information content (AvgIpc) is 2.41. The van der Waals surface area contributed by atoms with Crippen molar-refractivity contribution in [3.8, 4) is 5.75 Å². The normalized spacial score (nSPS) is 10.7. The topological polar surface area (TPSA) is 63.3 Å². The van der Waals surface area contributed by atoms with Gasteiger partial charge in [0.15, 0.2) is 6.61 Å². The van der Waals surface area contributed by atoms with Gasteiger partial charge in [-0.15, -0.1) is 0 Å². The summed E-state index contributed by atoms with van der Waals surface area (Å²) in [5, 5.41) is 6.04. The summed E-state index contributed by atoms with van der Waals surface area (Å²) in [5.41, 5.74) is 1.78. The molecule has 1 rings (SSSR count). The van der Waals surface area contributed by atoms with Crippen LogP contribution in [0.2, 0.25) is 0 Å². The van der Waals surface area contributed by atoms with Crippen molar-refractivity contribution in [3.63, 3.8) is 0 Å². The number of amides is 1. The lowest BCUT2D eigenvalue weighted by molar-refractivity contribution is -0.123. The minimum atomic E-state index is -0.103. The Morgan fingerprint density at radius 1 is 1.40 bits per heavy atom. The third-order valence-electron chi connectivity index (χ3n) is 2.68. The van der Waals surface area contributed by atoms with Crippen molar-refractivity contribution >= 4 is 5.91 Å². The van der Waals surface area contributed by atoms with Crippen LogP contribution in [0.3, 0.4) is 0 Å². The number of aryl methyl sites for hydroxylation is 1. The molecule has 0 aromatic carbocycles. The highest BCUT2D eigenvalue weighted by molar-refractivity contribution is 5.77. The molecule has 0 unspecified atom stereocenters. The molecule has 0 aliphatic rings. The van der Waals surface area contributed by atoms with Crippen LogP contribution in [0.15, 0.2) is 12.1 Å². The van der Waals surface area contributed by atoms with Gasteiger partial charge in [0.05, 0.1) is 5.69 Å². The first-order chi connectivity index (χ1) is 9.52.